The Labute approximate surface area is 199 Å². The van der Waals surface area contributed by atoms with Gasteiger partial charge in [0, 0.05) is 23.3 Å². The van der Waals surface area contributed by atoms with Gasteiger partial charge in [-0.05, 0) is 56.5 Å². The molecule has 1 aliphatic heterocycles. The number of halogens is 1. The van der Waals surface area contributed by atoms with E-state index in [1.807, 2.05) is 6.92 Å². The van der Waals surface area contributed by atoms with Gasteiger partial charge in [0.15, 0.2) is 0 Å². The van der Waals surface area contributed by atoms with Crippen LogP contribution in [0.1, 0.15) is 38.2 Å². The molecule has 4 rings (SSSR count). The lowest BCUT2D eigenvalue weighted by Gasteiger charge is -2.47. The van der Waals surface area contributed by atoms with Crippen LogP contribution in [0, 0.1) is 6.92 Å². The molecule has 1 heterocycles. The van der Waals surface area contributed by atoms with E-state index in [-0.39, 0.29) is 29.9 Å². The predicted octanol–water partition coefficient (Wildman–Crippen LogP) is 3.50. The number of carbonyl (C=O) groups is 2. The smallest absolute Gasteiger partial charge is 0.247 e. The Morgan fingerprint density at radius 2 is 1.79 bits per heavy atom. The number of amides is 2. The Balaban J connectivity index is 1.74. The minimum atomic E-state index is -3.97. The highest BCUT2D eigenvalue weighted by atomic mass is 35.5. The molecule has 7 nitrogen and oxygen atoms in total. The molecule has 176 valence electrons. The molecule has 2 aromatic rings. The topological polar surface area (TPSA) is 86.8 Å². The van der Waals surface area contributed by atoms with Gasteiger partial charge in [-0.25, -0.2) is 8.42 Å². The van der Waals surface area contributed by atoms with Crippen molar-refractivity contribution in [3.05, 3.63) is 59.1 Å². The molecule has 1 atom stereocenters. The second-order valence-corrected chi connectivity index (χ2v) is 11.3. The van der Waals surface area contributed by atoms with Gasteiger partial charge in [0.2, 0.25) is 21.8 Å². The van der Waals surface area contributed by atoms with Gasteiger partial charge >= 0.3 is 0 Å². The SMILES string of the molecule is Cc1ccc(N2C(=O)CN(S(=O)(=O)c3ccccc3)C[C@]2(C)C(=O)NC2CCCC2)cc1Cl. The van der Waals surface area contributed by atoms with Crippen molar-refractivity contribution in [3.8, 4) is 0 Å². The standard InChI is InChI=1S/C24H28ClN3O4S/c1-17-12-13-19(14-21(17)25)28-22(29)15-27(33(31,32)20-10-4-3-5-11-20)16-24(28,2)23(30)26-18-8-6-7-9-18/h3-5,10-14,18H,6-9,15-16H2,1-2H3,(H,26,30)/t24-/m1/s1. The first-order valence-corrected chi connectivity index (χ1v) is 12.9. The van der Waals surface area contributed by atoms with Crippen LogP contribution in [0.2, 0.25) is 5.02 Å². The van der Waals surface area contributed by atoms with Crippen molar-refractivity contribution in [2.45, 2.75) is 56.0 Å². The Kier molecular flexibility index (Phi) is 6.53. The summed E-state index contributed by atoms with van der Waals surface area (Å²) < 4.78 is 27.8. The lowest BCUT2D eigenvalue weighted by atomic mass is 9.93. The second kappa shape index (κ2) is 9.08. The van der Waals surface area contributed by atoms with E-state index in [9.17, 15) is 18.0 Å². The summed E-state index contributed by atoms with van der Waals surface area (Å²) in [5.41, 5.74) is -0.134. The van der Waals surface area contributed by atoms with E-state index in [2.05, 4.69) is 5.32 Å². The molecular weight excluding hydrogens is 462 g/mol. The summed E-state index contributed by atoms with van der Waals surface area (Å²) in [7, 11) is -3.97. The Hall–Kier alpha value is -2.42. The molecule has 1 N–H and O–H groups in total. The van der Waals surface area contributed by atoms with Crippen molar-refractivity contribution in [1.29, 1.82) is 0 Å². The van der Waals surface area contributed by atoms with E-state index in [1.54, 1.807) is 43.3 Å². The molecule has 33 heavy (non-hydrogen) atoms. The molecule has 0 radical (unpaired) electrons. The van der Waals surface area contributed by atoms with Crippen LogP contribution in [-0.2, 0) is 19.6 Å². The number of rotatable bonds is 5. The fraction of sp³-hybridized carbons (Fsp3) is 0.417. The summed E-state index contributed by atoms with van der Waals surface area (Å²) in [6.07, 6.45) is 3.81. The Morgan fingerprint density at radius 3 is 2.42 bits per heavy atom. The number of hydrogen-bond acceptors (Lipinski definition) is 4. The van der Waals surface area contributed by atoms with Crippen LogP contribution < -0.4 is 10.2 Å². The van der Waals surface area contributed by atoms with E-state index in [0.717, 1.165) is 35.6 Å². The molecule has 2 amide bonds. The molecule has 9 heteroatoms. The fourth-order valence-electron chi connectivity index (χ4n) is 4.61. The average molecular weight is 490 g/mol. The van der Waals surface area contributed by atoms with Crippen LogP contribution >= 0.6 is 11.6 Å². The number of nitrogens with one attached hydrogen (secondary N) is 1. The zero-order valence-electron chi connectivity index (χ0n) is 18.8. The third kappa shape index (κ3) is 4.52. The van der Waals surface area contributed by atoms with Crippen molar-refractivity contribution >= 4 is 39.1 Å². The first-order chi connectivity index (χ1) is 15.6. The largest absolute Gasteiger partial charge is 0.351 e. The van der Waals surface area contributed by atoms with Gasteiger partial charge in [0.25, 0.3) is 0 Å². The summed E-state index contributed by atoms with van der Waals surface area (Å²) in [4.78, 5) is 28.5. The maximum absolute atomic E-state index is 13.6. The molecule has 1 saturated carbocycles. The molecule has 1 saturated heterocycles. The van der Waals surface area contributed by atoms with Crippen LogP contribution in [-0.4, -0.2) is 49.2 Å². The molecule has 2 fully saturated rings. The van der Waals surface area contributed by atoms with Crippen molar-refractivity contribution < 1.29 is 18.0 Å². The highest BCUT2D eigenvalue weighted by Crippen LogP contribution is 2.34. The van der Waals surface area contributed by atoms with Gasteiger partial charge in [-0.1, -0.05) is 48.7 Å². The highest BCUT2D eigenvalue weighted by molar-refractivity contribution is 7.89. The zero-order chi connectivity index (χ0) is 23.8. The third-order valence-corrected chi connectivity index (χ3v) is 8.73. The van der Waals surface area contributed by atoms with E-state index in [0.29, 0.717) is 10.7 Å². The van der Waals surface area contributed by atoms with Crippen molar-refractivity contribution in [2.75, 3.05) is 18.0 Å². The van der Waals surface area contributed by atoms with Crippen LogP contribution in [0.25, 0.3) is 0 Å². The number of carbonyl (C=O) groups excluding carboxylic acids is 2. The van der Waals surface area contributed by atoms with E-state index < -0.39 is 21.5 Å². The zero-order valence-corrected chi connectivity index (χ0v) is 20.3. The number of nitrogens with zero attached hydrogens (tertiary/aromatic N) is 2. The van der Waals surface area contributed by atoms with Crippen LogP contribution in [0.15, 0.2) is 53.4 Å². The van der Waals surface area contributed by atoms with Gasteiger partial charge in [-0.15, -0.1) is 0 Å². The number of benzene rings is 2. The molecule has 2 aliphatic rings. The summed E-state index contributed by atoms with van der Waals surface area (Å²) in [6, 6.07) is 13.2. The number of hydrogen-bond donors (Lipinski definition) is 1. The molecule has 0 bridgehead atoms. The van der Waals surface area contributed by atoms with E-state index in [4.69, 9.17) is 11.6 Å². The third-order valence-electron chi connectivity index (χ3n) is 6.51. The van der Waals surface area contributed by atoms with Crippen LogP contribution in [0.5, 0.6) is 0 Å². The lowest BCUT2D eigenvalue weighted by Crippen LogP contribution is -2.70. The van der Waals surface area contributed by atoms with Crippen LogP contribution in [0.3, 0.4) is 0 Å². The van der Waals surface area contributed by atoms with Gasteiger partial charge in [-0.3, -0.25) is 14.5 Å². The predicted molar refractivity (Wildman–Crippen MR) is 128 cm³/mol. The average Bonchev–Trinajstić information content (AvgIpc) is 3.29. The van der Waals surface area contributed by atoms with E-state index in [1.165, 1.54) is 17.0 Å². The summed E-state index contributed by atoms with van der Waals surface area (Å²) in [5, 5.41) is 3.53. The number of anilines is 1. The monoisotopic (exact) mass is 489 g/mol. The van der Waals surface area contributed by atoms with Gasteiger partial charge in [0.1, 0.15) is 5.54 Å². The summed E-state index contributed by atoms with van der Waals surface area (Å²) in [6.45, 7) is 2.94. The lowest BCUT2D eigenvalue weighted by molar-refractivity contribution is -0.133. The number of piperazine rings is 1. The Bertz CT molecular complexity index is 1170. The molecule has 2 aromatic carbocycles. The van der Waals surface area contributed by atoms with Gasteiger partial charge in [0.05, 0.1) is 11.4 Å². The molecular formula is C24H28ClN3O4S. The minimum absolute atomic E-state index is 0.0222. The molecule has 0 unspecified atom stereocenters. The second-order valence-electron chi connectivity index (χ2n) is 8.98. The van der Waals surface area contributed by atoms with Crippen molar-refractivity contribution in [3.63, 3.8) is 0 Å². The van der Waals surface area contributed by atoms with Crippen molar-refractivity contribution in [1.82, 2.24) is 9.62 Å². The highest BCUT2D eigenvalue weighted by Gasteiger charge is 2.51. The fourth-order valence-corrected chi connectivity index (χ4v) is 6.29. The maximum atomic E-state index is 13.6. The maximum Gasteiger partial charge on any atom is 0.247 e. The first-order valence-electron chi connectivity index (χ1n) is 11.1. The van der Waals surface area contributed by atoms with Crippen LogP contribution in [0.4, 0.5) is 5.69 Å². The summed E-state index contributed by atoms with van der Waals surface area (Å²) >= 11 is 6.33. The first kappa shape index (κ1) is 23.7. The summed E-state index contributed by atoms with van der Waals surface area (Å²) in [5.74, 6) is -0.850. The molecule has 0 spiro atoms. The normalized spacial score (nSPS) is 22.5. The Morgan fingerprint density at radius 1 is 1.12 bits per heavy atom. The quantitative estimate of drug-likeness (QED) is 0.696. The molecule has 0 aromatic heterocycles. The van der Waals surface area contributed by atoms with Gasteiger partial charge in [-0.2, -0.15) is 4.31 Å². The minimum Gasteiger partial charge on any atom is -0.351 e. The van der Waals surface area contributed by atoms with E-state index >= 15 is 0 Å². The molecule has 1 aliphatic carbocycles. The number of sulfonamides is 1. The van der Waals surface area contributed by atoms with Gasteiger partial charge < -0.3 is 5.32 Å². The number of aryl methyl sites for hydroxylation is 1. The van der Waals surface area contributed by atoms with Crippen molar-refractivity contribution in [2.24, 2.45) is 0 Å².